The summed E-state index contributed by atoms with van der Waals surface area (Å²) in [5.74, 6) is 0.452. The topological polar surface area (TPSA) is 64.2 Å². The molecule has 5 heteroatoms. The van der Waals surface area contributed by atoms with E-state index < -0.39 is 0 Å². The molecule has 1 amide bonds. The van der Waals surface area contributed by atoms with Crippen LogP contribution in [0.15, 0.2) is 70.0 Å². The van der Waals surface area contributed by atoms with Crippen LogP contribution >= 0.6 is 0 Å². The van der Waals surface area contributed by atoms with Crippen LogP contribution in [0, 0.1) is 0 Å². The fourth-order valence-corrected chi connectivity index (χ4v) is 2.77. The molecule has 3 rings (SSSR count). The van der Waals surface area contributed by atoms with Gasteiger partial charge in [-0.05, 0) is 35.2 Å². The number of para-hydroxylation sites is 1. The Kier molecular flexibility index (Phi) is 4.80. The van der Waals surface area contributed by atoms with Crippen LogP contribution in [-0.4, -0.2) is 10.5 Å². The molecule has 3 aromatic rings. The molecule has 134 valence electrons. The molecule has 0 aliphatic heterocycles. The van der Waals surface area contributed by atoms with Crippen LogP contribution in [-0.2, 0) is 12.0 Å². The van der Waals surface area contributed by atoms with Crippen molar-refractivity contribution in [2.75, 3.05) is 5.32 Å². The molecule has 26 heavy (non-hydrogen) atoms. The second-order valence-electron chi connectivity index (χ2n) is 7.18. The van der Waals surface area contributed by atoms with Crippen molar-refractivity contribution in [3.63, 3.8) is 0 Å². The Morgan fingerprint density at radius 3 is 2.50 bits per heavy atom. The summed E-state index contributed by atoms with van der Waals surface area (Å²) in [7, 11) is 0. The maximum Gasteiger partial charge on any atom is 0.291 e. The highest BCUT2D eigenvalue weighted by Gasteiger charge is 2.20. The van der Waals surface area contributed by atoms with Gasteiger partial charge in [-0.1, -0.05) is 45.0 Å². The Morgan fingerprint density at radius 2 is 1.77 bits per heavy atom. The Labute approximate surface area is 152 Å². The van der Waals surface area contributed by atoms with Crippen molar-refractivity contribution in [1.29, 1.82) is 0 Å². The van der Waals surface area contributed by atoms with E-state index in [4.69, 9.17) is 4.42 Å². The van der Waals surface area contributed by atoms with E-state index in [-0.39, 0.29) is 29.2 Å². The van der Waals surface area contributed by atoms with Crippen LogP contribution in [0.2, 0.25) is 0 Å². The van der Waals surface area contributed by atoms with E-state index >= 15 is 0 Å². The van der Waals surface area contributed by atoms with E-state index in [9.17, 15) is 9.59 Å². The Morgan fingerprint density at radius 1 is 1.04 bits per heavy atom. The quantitative estimate of drug-likeness (QED) is 0.772. The lowest BCUT2D eigenvalue weighted by atomic mass is 9.86. The predicted octanol–water partition coefficient (Wildman–Crippen LogP) is 4.04. The first-order valence-electron chi connectivity index (χ1n) is 8.49. The first-order chi connectivity index (χ1) is 12.3. The van der Waals surface area contributed by atoms with Gasteiger partial charge in [-0.3, -0.25) is 9.59 Å². The number of hydrogen-bond donors (Lipinski definition) is 1. The molecule has 0 unspecified atom stereocenters. The summed E-state index contributed by atoms with van der Waals surface area (Å²) in [6, 6.07) is 16.0. The molecule has 2 heterocycles. The molecule has 0 spiro atoms. The Hall–Kier alpha value is -3.08. The maximum atomic E-state index is 12.6. The Bertz CT molecular complexity index is 977. The molecule has 0 atom stereocenters. The fourth-order valence-electron chi connectivity index (χ4n) is 2.77. The highest BCUT2D eigenvalue weighted by Crippen LogP contribution is 2.29. The van der Waals surface area contributed by atoms with Gasteiger partial charge in [0.25, 0.3) is 11.5 Å². The first kappa shape index (κ1) is 17.7. The molecule has 1 N–H and O–H groups in total. The van der Waals surface area contributed by atoms with E-state index in [1.807, 2.05) is 24.3 Å². The third-order valence-electron chi connectivity index (χ3n) is 4.09. The molecule has 0 radical (unpaired) electrons. The lowest BCUT2D eigenvalue weighted by molar-refractivity contribution is 0.0994. The predicted molar refractivity (Wildman–Crippen MR) is 102 cm³/mol. The molecular formula is C21H22N2O3. The van der Waals surface area contributed by atoms with Crippen molar-refractivity contribution in [2.45, 2.75) is 32.7 Å². The van der Waals surface area contributed by atoms with Gasteiger partial charge >= 0.3 is 0 Å². The van der Waals surface area contributed by atoms with Crippen molar-refractivity contribution in [1.82, 2.24) is 4.57 Å². The summed E-state index contributed by atoms with van der Waals surface area (Å²) in [6.07, 6.45) is 1.68. The number of rotatable bonds is 4. The molecule has 0 aliphatic rings. The highest BCUT2D eigenvalue weighted by molar-refractivity contribution is 6.02. The van der Waals surface area contributed by atoms with Crippen LogP contribution in [0.5, 0.6) is 0 Å². The molecule has 0 aliphatic carbocycles. The Balaban J connectivity index is 1.77. The number of amides is 1. The molecule has 2 aromatic heterocycles. The van der Waals surface area contributed by atoms with Gasteiger partial charge in [-0.2, -0.15) is 0 Å². The maximum absolute atomic E-state index is 12.6. The standard InChI is InChI=1S/C21H22N2O3/c1-21(2,3)16-8-4-5-9-17(16)22-20(25)18-12-11-15(26-18)14-23-13-7-6-10-19(23)24/h4-13H,14H2,1-3H3,(H,22,25). The average molecular weight is 350 g/mol. The minimum atomic E-state index is -0.312. The SMILES string of the molecule is CC(C)(C)c1ccccc1NC(=O)c1ccc(Cn2ccccc2=O)o1. The van der Waals surface area contributed by atoms with Crippen LogP contribution < -0.4 is 10.9 Å². The van der Waals surface area contributed by atoms with Crippen molar-refractivity contribution >= 4 is 11.6 Å². The number of carbonyl (C=O) groups is 1. The van der Waals surface area contributed by atoms with Crippen LogP contribution in [0.3, 0.4) is 0 Å². The number of carbonyl (C=O) groups excluding carboxylic acids is 1. The lowest BCUT2D eigenvalue weighted by Gasteiger charge is -2.22. The molecular weight excluding hydrogens is 328 g/mol. The third kappa shape index (κ3) is 3.94. The molecule has 0 bridgehead atoms. The number of nitrogens with one attached hydrogen (secondary N) is 1. The summed E-state index contributed by atoms with van der Waals surface area (Å²) in [5.41, 5.74) is 1.61. The minimum absolute atomic E-state index is 0.0906. The number of pyridine rings is 1. The summed E-state index contributed by atoms with van der Waals surface area (Å²) >= 11 is 0. The van der Waals surface area contributed by atoms with E-state index in [1.165, 1.54) is 10.6 Å². The van der Waals surface area contributed by atoms with Crippen molar-refractivity contribution in [3.05, 3.63) is 88.2 Å². The van der Waals surface area contributed by atoms with E-state index in [2.05, 4.69) is 26.1 Å². The second kappa shape index (κ2) is 7.04. The highest BCUT2D eigenvalue weighted by atomic mass is 16.4. The molecule has 0 saturated heterocycles. The smallest absolute Gasteiger partial charge is 0.291 e. The van der Waals surface area contributed by atoms with E-state index in [0.717, 1.165) is 11.3 Å². The summed E-state index contributed by atoms with van der Waals surface area (Å²) in [6.45, 7) is 6.58. The molecule has 5 nitrogen and oxygen atoms in total. The van der Waals surface area contributed by atoms with Crippen LogP contribution in [0.25, 0.3) is 0 Å². The third-order valence-corrected chi connectivity index (χ3v) is 4.09. The van der Waals surface area contributed by atoms with Gasteiger partial charge < -0.3 is 14.3 Å². The summed E-state index contributed by atoms with van der Waals surface area (Å²) in [5, 5.41) is 2.92. The summed E-state index contributed by atoms with van der Waals surface area (Å²) < 4.78 is 7.15. The second-order valence-corrected chi connectivity index (χ2v) is 7.18. The monoisotopic (exact) mass is 350 g/mol. The number of nitrogens with zero attached hydrogens (tertiary/aromatic N) is 1. The van der Waals surface area contributed by atoms with E-state index in [0.29, 0.717) is 5.76 Å². The van der Waals surface area contributed by atoms with Gasteiger partial charge in [0.1, 0.15) is 5.76 Å². The number of benzene rings is 1. The number of anilines is 1. The minimum Gasteiger partial charge on any atom is -0.454 e. The zero-order chi connectivity index (χ0) is 18.7. The average Bonchev–Trinajstić information content (AvgIpc) is 3.05. The van der Waals surface area contributed by atoms with Gasteiger partial charge in [-0.15, -0.1) is 0 Å². The largest absolute Gasteiger partial charge is 0.454 e. The van der Waals surface area contributed by atoms with Crippen molar-refractivity contribution in [3.8, 4) is 0 Å². The van der Waals surface area contributed by atoms with Gasteiger partial charge in [0.05, 0.1) is 6.54 Å². The van der Waals surface area contributed by atoms with Gasteiger partial charge in [0, 0.05) is 18.0 Å². The van der Waals surface area contributed by atoms with Gasteiger partial charge in [0.2, 0.25) is 0 Å². The molecule has 1 aromatic carbocycles. The number of aromatic nitrogens is 1. The fraction of sp³-hybridized carbons (Fsp3) is 0.238. The molecule has 0 saturated carbocycles. The van der Waals surface area contributed by atoms with Crippen LogP contribution in [0.1, 0.15) is 42.6 Å². The first-order valence-corrected chi connectivity index (χ1v) is 8.49. The van der Waals surface area contributed by atoms with Crippen LogP contribution in [0.4, 0.5) is 5.69 Å². The van der Waals surface area contributed by atoms with Crippen molar-refractivity contribution < 1.29 is 9.21 Å². The van der Waals surface area contributed by atoms with Gasteiger partial charge in [0.15, 0.2) is 5.76 Å². The molecule has 0 fully saturated rings. The number of hydrogen-bond acceptors (Lipinski definition) is 3. The van der Waals surface area contributed by atoms with Gasteiger partial charge in [-0.25, -0.2) is 0 Å². The van der Waals surface area contributed by atoms with Crippen molar-refractivity contribution in [2.24, 2.45) is 0 Å². The zero-order valence-electron chi connectivity index (χ0n) is 15.2. The number of furan rings is 1. The lowest BCUT2D eigenvalue weighted by Crippen LogP contribution is -2.18. The summed E-state index contributed by atoms with van der Waals surface area (Å²) in [4.78, 5) is 24.3. The van der Waals surface area contributed by atoms with E-state index in [1.54, 1.807) is 30.5 Å². The zero-order valence-corrected chi connectivity index (χ0v) is 15.2. The normalized spacial score (nSPS) is 11.3.